The molecule has 12 heteroatoms. The molecule has 1 saturated heterocycles. The Kier molecular flexibility index (Phi) is 6.52. The van der Waals surface area contributed by atoms with Gasteiger partial charge in [-0.05, 0) is 48.5 Å². The van der Waals surface area contributed by atoms with Crippen LogP contribution in [-0.2, 0) is 10.9 Å². The van der Waals surface area contributed by atoms with E-state index in [1.54, 1.807) is 19.2 Å². The Morgan fingerprint density at radius 3 is 2.50 bits per heavy atom. The van der Waals surface area contributed by atoms with E-state index in [0.29, 0.717) is 30.9 Å². The Hall–Kier alpha value is -3.70. The number of rotatable bonds is 5. The largest absolute Gasteiger partial charge is 0.416 e. The van der Waals surface area contributed by atoms with Crippen LogP contribution in [0, 0.1) is 11.6 Å². The first-order valence-corrected chi connectivity index (χ1v) is 11.7. The molecule has 0 aliphatic carbocycles. The number of methoxy groups -OCH3 is 1. The highest BCUT2D eigenvalue weighted by molar-refractivity contribution is 6.31. The molecule has 38 heavy (non-hydrogen) atoms. The lowest BCUT2D eigenvalue weighted by Crippen LogP contribution is -2.52. The van der Waals surface area contributed by atoms with Crippen LogP contribution in [0.4, 0.5) is 33.3 Å². The van der Waals surface area contributed by atoms with Gasteiger partial charge in [-0.1, -0.05) is 11.6 Å². The van der Waals surface area contributed by atoms with Gasteiger partial charge in [0.05, 0.1) is 17.7 Å². The zero-order valence-corrected chi connectivity index (χ0v) is 20.4. The Morgan fingerprint density at radius 1 is 1.08 bits per heavy atom. The smallest absolute Gasteiger partial charge is 0.378 e. The summed E-state index contributed by atoms with van der Waals surface area (Å²) in [5.74, 6) is -3.40. The van der Waals surface area contributed by atoms with Gasteiger partial charge < -0.3 is 20.3 Å². The number of fused-ring (bicyclic) bond motifs is 1. The van der Waals surface area contributed by atoms with E-state index in [4.69, 9.17) is 16.3 Å². The predicted octanol–water partition coefficient (Wildman–Crippen LogP) is 5.56. The van der Waals surface area contributed by atoms with E-state index < -0.39 is 46.8 Å². The maximum absolute atomic E-state index is 14.1. The van der Waals surface area contributed by atoms with Gasteiger partial charge in [0.1, 0.15) is 11.6 Å². The van der Waals surface area contributed by atoms with Gasteiger partial charge in [-0.25, -0.2) is 8.78 Å². The summed E-state index contributed by atoms with van der Waals surface area (Å²) in [5.41, 5.74) is -0.647. The van der Waals surface area contributed by atoms with Gasteiger partial charge in [0.2, 0.25) is 0 Å². The molecule has 2 aliphatic rings. The molecule has 0 radical (unpaired) electrons. The lowest BCUT2D eigenvalue weighted by Gasteiger charge is -2.40. The Bertz CT molecular complexity index is 1460. The molecule has 1 unspecified atom stereocenters. The minimum atomic E-state index is -4.87. The van der Waals surface area contributed by atoms with Crippen molar-refractivity contribution in [2.45, 2.75) is 18.3 Å². The SMILES string of the molecule is COC1CN(c2cc(NC(=O)c3cc(F)cc(C(F)(F)F)c3)c3c(c2)C(=O)NC3c2cc(F)ccc2Cl)C1. The maximum atomic E-state index is 14.1. The fourth-order valence-corrected chi connectivity index (χ4v) is 4.78. The average molecular weight is 552 g/mol. The predicted molar refractivity (Wildman–Crippen MR) is 130 cm³/mol. The van der Waals surface area contributed by atoms with Crippen LogP contribution in [0.25, 0.3) is 0 Å². The van der Waals surface area contributed by atoms with Crippen molar-refractivity contribution in [3.63, 3.8) is 0 Å². The quantitative estimate of drug-likeness (QED) is 0.408. The van der Waals surface area contributed by atoms with E-state index in [2.05, 4.69) is 10.6 Å². The van der Waals surface area contributed by atoms with E-state index >= 15 is 0 Å². The normalized spacial score (nSPS) is 17.2. The lowest BCUT2D eigenvalue weighted by molar-refractivity contribution is -0.137. The number of carbonyl (C=O) groups is 2. The van der Waals surface area contributed by atoms with Gasteiger partial charge >= 0.3 is 6.18 Å². The lowest BCUT2D eigenvalue weighted by atomic mass is 9.94. The molecule has 2 N–H and O–H groups in total. The molecule has 198 valence electrons. The number of alkyl halides is 3. The first-order valence-electron chi connectivity index (χ1n) is 11.3. The highest BCUT2D eigenvalue weighted by Crippen LogP contribution is 2.42. The summed E-state index contributed by atoms with van der Waals surface area (Å²) in [5, 5.41) is 5.40. The number of hydrogen-bond acceptors (Lipinski definition) is 4. The molecule has 1 fully saturated rings. The first-order chi connectivity index (χ1) is 17.9. The number of halogens is 6. The van der Waals surface area contributed by atoms with Crippen LogP contribution in [0.2, 0.25) is 5.02 Å². The second kappa shape index (κ2) is 9.55. The van der Waals surface area contributed by atoms with Crippen molar-refractivity contribution in [2.24, 2.45) is 0 Å². The molecular weight excluding hydrogens is 533 g/mol. The van der Waals surface area contributed by atoms with Gasteiger partial charge in [-0.3, -0.25) is 9.59 Å². The van der Waals surface area contributed by atoms with Gasteiger partial charge in [0, 0.05) is 58.9 Å². The van der Waals surface area contributed by atoms with Gasteiger partial charge in [0.25, 0.3) is 11.8 Å². The fourth-order valence-electron chi connectivity index (χ4n) is 4.55. The summed E-state index contributed by atoms with van der Waals surface area (Å²) in [6.45, 7) is 1.00. The molecule has 6 nitrogen and oxygen atoms in total. The van der Waals surface area contributed by atoms with Crippen LogP contribution < -0.4 is 15.5 Å². The van der Waals surface area contributed by atoms with E-state index in [9.17, 15) is 31.5 Å². The molecule has 5 rings (SSSR count). The van der Waals surface area contributed by atoms with Crippen molar-refractivity contribution in [1.82, 2.24) is 5.32 Å². The second-order valence-electron chi connectivity index (χ2n) is 8.97. The number of amides is 2. The molecule has 3 aromatic rings. The average Bonchev–Trinajstić information content (AvgIpc) is 3.15. The van der Waals surface area contributed by atoms with Gasteiger partial charge in [-0.2, -0.15) is 13.2 Å². The first kappa shape index (κ1) is 25.9. The Balaban J connectivity index is 1.60. The summed E-state index contributed by atoms with van der Waals surface area (Å²) in [7, 11) is 1.56. The van der Waals surface area contributed by atoms with Crippen molar-refractivity contribution in [3.05, 3.63) is 93.0 Å². The molecule has 0 saturated carbocycles. The topological polar surface area (TPSA) is 70.7 Å². The number of anilines is 2. The van der Waals surface area contributed by atoms with Crippen molar-refractivity contribution >= 4 is 34.8 Å². The van der Waals surface area contributed by atoms with Gasteiger partial charge in [-0.15, -0.1) is 0 Å². The summed E-state index contributed by atoms with van der Waals surface area (Å²) < 4.78 is 73.0. The summed E-state index contributed by atoms with van der Waals surface area (Å²) >= 11 is 6.29. The molecule has 1 atom stereocenters. The molecule has 0 bridgehead atoms. The Morgan fingerprint density at radius 2 is 1.82 bits per heavy atom. The van der Waals surface area contributed by atoms with Crippen molar-refractivity contribution in [3.8, 4) is 0 Å². The number of benzene rings is 3. The van der Waals surface area contributed by atoms with E-state index in [1.807, 2.05) is 4.90 Å². The number of ether oxygens (including phenoxy) is 1. The number of nitrogens with zero attached hydrogens (tertiary/aromatic N) is 1. The van der Waals surface area contributed by atoms with Crippen molar-refractivity contribution in [1.29, 1.82) is 0 Å². The van der Waals surface area contributed by atoms with E-state index in [-0.39, 0.29) is 39.6 Å². The standard InChI is InChI=1S/C26H19ClF5N3O3/c1-38-17-10-35(11-17)16-8-19-22(23(34-25(19)37)18-7-14(28)2-3-20(18)27)21(9-16)33-24(36)12-4-13(26(30,31)32)6-15(29)5-12/h2-9,17,23H,10-11H2,1H3,(H,33,36)(H,34,37). The zero-order chi connectivity index (χ0) is 27.4. The zero-order valence-electron chi connectivity index (χ0n) is 19.6. The van der Waals surface area contributed by atoms with Gasteiger partial charge in [0.15, 0.2) is 0 Å². The van der Waals surface area contributed by atoms with Crippen LogP contribution >= 0.6 is 11.6 Å². The van der Waals surface area contributed by atoms with Crippen LogP contribution in [0.15, 0.2) is 48.5 Å². The van der Waals surface area contributed by atoms with Crippen molar-refractivity contribution in [2.75, 3.05) is 30.4 Å². The van der Waals surface area contributed by atoms with E-state index in [0.717, 1.165) is 12.1 Å². The molecule has 2 aliphatic heterocycles. The van der Waals surface area contributed by atoms with Crippen molar-refractivity contribution < 1.29 is 36.3 Å². The minimum absolute atomic E-state index is 0.0398. The molecule has 2 amide bonds. The van der Waals surface area contributed by atoms with Crippen LogP contribution in [0.5, 0.6) is 0 Å². The molecule has 0 spiro atoms. The summed E-state index contributed by atoms with van der Waals surface area (Å²) in [6.07, 6.45) is -4.91. The number of nitrogens with one attached hydrogen (secondary N) is 2. The third-order valence-corrected chi connectivity index (χ3v) is 6.87. The highest BCUT2D eigenvalue weighted by Gasteiger charge is 2.37. The van der Waals surface area contributed by atoms with E-state index in [1.165, 1.54) is 6.07 Å². The number of hydrogen-bond donors (Lipinski definition) is 2. The van der Waals surface area contributed by atoms with Crippen LogP contribution in [0.1, 0.15) is 43.4 Å². The Labute approximate surface area is 218 Å². The third-order valence-electron chi connectivity index (χ3n) is 6.52. The fraction of sp³-hybridized carbons (Fsp3) is 0.231. The molecule has 0 aromatic heterocycles. The monoisotopic (exact) mass is 551 g/mol. The molecule has 2 heterocycles. The summed E-state index contributed by atoms with van der Waals surface area (Å²) in [6, 6.07) is 7.29. The third kappa shape index (κ3) is 4.79. The summed E-state index contributed by atoms with van der Waals surface area (Å²) in [4.78, 5) is 27.9. The highest BCUT2D eigenvalue weighted by atomic mass is 35.5. The van der Waals surface area contributed by atoms with Crippen LogP contribution in [-0.4, -0.2) is 38.1 Å². The number of carbonyl (C=O) groups excluding carboxylic acids is 2. The maximum Gasteiger partial charge on any atom is 0.416 e. The van der Waals surface area contributed by atoms with Crippen LogP contribution in [0.3, 0.4) is 0 Å². The minimum Gasteiger partial charge on any atom is -0.378 e. The molecule has 3 aromatic carbocycles. The second-order valence-corrected chi connectivity index (χ2v) is 9.38. The molecular formula is C26H19ClF5N3O3.